The second-order valence-electron chi connectivity index (χ2n) is 7.54. The molecule has 1 N–H and O–H groups in total. The molecule has 0 saturated heterocycles. The smallest absolute Gasteiger partial charge is 0.263 e. The molecule has 0 unspecified atom stereocenters. The predicted molar refractivity (Wildman–Crippen MR) is 114 cm³/mol. The molecule has 2 aromatic heterocycles. The standard InChI is InChI=1S/C20H29N3O2S2/c1-6-23-19(25)16-12(3)13(4)26-18(16)22-20(23)27-14(5)17(24)21-15-10-8-7-9-11(15)2/h11,14-15H,6-10H2,1-5H3,(H,21,24)/t11-,14-,15-/m0/s1. The molecule has 1 amide bonds. The molecule has 5 nitrogen and oxygen atoms in total. The topological polar surface area (TPSA) is 64.0 Å². The quantitative estimate of drug-likeness (QED) is 0.594. The fourth-order valence-electron chi connectivity index (χ4n) is 3.72. The summed E-state index contributed by atoms with van der Waals surface area (Å²) in [4.78, 5) is 32.3. The molecule has 2 aromatic rings. The second kappa shape index (κ2) is 8.35. The van der Waals surface area contributed by atoms with Crippen LogP contribution in [-0.4, -0.2) is 26.8 Å². The molecule has 1 fully saturated rings. The molecule has 3 atom stereocenters. The lowest BCUT2D eigenvalue weighted by molar-refractivity contribution is -0.121. The number of nitrogens with zero attached hydrogens (tertiary/aromatic N) is 2. The van der Waals surface area contributed by atoms with Crippen molar-refractivity contribution in [3.63, 3.8) is 0 Å². The Labute approximate surface area is 169 Å². The Balaban J connectivity index is 1.82. The summed E-state index contributed by atoms with van der Waals surface area (Å²) in [5.74, 6) is 0.564. The van der Waals surface area contributed by atoms with E-state index in [2.05, 4.69) is 12.2 Å². The number of fused-ring (bicyclic) bond motifs is 1. The number of amides is 1. The zero-order valence-corrected chi connectivity index (χ0v) is 18.4. The largest absolute Gasteiger partial charge is 0.352 e. The summed E-state index contributed by atoms with van der Waals surface area (Å²) in [6.07, 6.45) is 4.67. The summed E-state index contributed by atoms with van der Waals surface area (Å²) in [5, 5.41) is 4.28. The molecule has 0 spiro atoms. The zero-order valence-electron chi connectivity index (χ0n) is 16.8. The van der Waals surface area contributed by atoms with Crippen molar-refractivity contribution >= 4 is 39.2 Å². The third-order valence-electron chi connectivity index (χ3n) is 5.66. The van der Waals surface area contributed by atoms with Gasteiger partial charge in [0.1, 0.15) is 4.83 Å². The highest BCUT2D eigenvalue weighted by molar-refractivity contribution is 8.00. The molecule has 0 aliphatic heterocycles. The Morgan fingerprint density at radius 3 is 2.74 bits per heavy atom. The van der Waals surface area contributed by atoms with Crippen LogP contribution in [0.15, 0.2) is 9.95 Å². The van der Waals surface area contributed by atoms with Gasteiger partial charge in [-0.2, -0.15) is 0 Å². The normalized spacial score (nSPS) is 21.4. The predicted octanol–water partition coefficient (Wildman–Crippen LogP) is 4.27. The third kappa shape index (κ3) is 4.09. The van der Waals surface area contributed by atoms with Crippen molar-refractivity contribution in [2.75, 3.05) is 0 Å². The third-order valence-corrected chi connectivity index (χ3v) is 7.85. The number of hydrogen-bond donors (Lipinski definition) is 1. The molecule has 1 saturated carbocycles. The molecule has 0 radical (unpaired) electrons. The van der Waals surface area contributed by atoms with Crippen LogP contribution >= 0.6 is 23.1 Å². The fourth-order valence-corrected chi connectivity index (χ4v) is 5.77. The molecular formula is C20H29N3O2S2. The maximum absolute atomic E-state index is 12.9. The van der Waals surface area contributed by atoms with Crippen molar-refractivity contribution in [3.05, 3.63) is 20.8 Å². The van der Waals surface area contributed by atoms with Crippen molar-refractivity contribution in [3.8, 4) is 0 Å². The van der Waals surface area contributed by atoms with Crippen LogP contribution in [0.1, 0.15) is 56.9 Å². The average Bonchev–Trinajstić information content (AvgIpc) is 2.91. The summed E-state index contributed by atoms with van der Waals surface area (Å²) in [6.45, 7) is 10.6. The minimum Gasteiger partial charge on any atom is -0.352 e. The molecule has 1 aliphatic rings. The minimum absolute atomic E-state index is 0.000334. The van der Waals surface area contributed by atoms with E-state index in [1.54, 1.807) is 15.9 Å². The van der Waals surface area contributed by atoms with Crippen LogP contribution in [0.2, 0.25) is 0 Å². The SMILES string of the molecule is CCn1c(S[C@@H](C)C(=O)N[C@H]2CCCC[C@@H]2C)nc2sc(C)c(C)c2c1=O. The van der Waals surface area contributed by atoms with Gasteiger partial charge in [0.2, 0.25) is 5.91 Å². The van der Waals surface area contributed by atoms with Crippen LogP contribution in [0.25, 0.3) is 10.2 Å². The maximum atomic E-state index is 12.9. The first-order valence-corrected chi connectivity index (χ1v) is 11.5. The van der Waals surface area contributed by atoms with Crippen LogP contribution in [0.5, 0.6) is 0 Å². The van der Waals surface area contributed by atoms with Gasteiger partial charge in [-0.05, 0) is 52.0 Å². The van der Waals surface area contributed by atoms with Gasteiger partial charge in [-0.15, -0.1) is 11.3 Å². The summed E-state index contributed by atoms with van der Waals surface area (Å²) < 4.78 is 1.69. The monoisotopic (exact) mass is 407 g/mol. The first kappa shape index (κ1) is 20.4. The molecule has 2 heterocycles. The van der Waals surface area contributed by atoms with Crippen molar-refractivity contribution in [2.24, 2.45) is 5.92 Å². The molecule has 27 heavy (non-hydrogen) atoms. The first-order chi connectivity index (χ1) is 12.8. The lowest BCUT2D eigenvalue weighted by atomic mass is 9.86. The average molecular weight is 408 g/mol. The molecule has 0 aromatic carbocycles. The van der Waals surface area contributed by atoms with Crippen LogP contribution in [0.4, 0.5) is 0 Å². The van der Waals surface area contributed by atoms with E-state index >= 15 is 0 Å². The number of thiophene rings is 1. The van der Waals surface area contributed by atoms with Crippen molar-refractivity contribution in [2.45, 2.75) is 83.3 Å². The molecule has 3 rings (SSSR count). The molecule has 0 bridgehead atoms. The van der Waals surface area contributed by atoms with Crippen LogP contribution in [0, 0.1) is 19.8 Å². The number of thioether (sulfide) groups is 1. The van der Waals surface area contributed by atoms with Crippen LogP contribution in [-0.2, 0) is 11.3 Å². The van der Waals surface area contributed by atoms with E-state index in [1.807, 2.05) is 27.7 Å². The van der Waals surface area contributed by atoms with Gasteiger partial charge in [0.05, 0.1) is 10.6 Å². The summed E-state index contributed by atoms with van der Waals surface area (Å²) >= 11 is 2.94. The molecular weight excluding hydrogens is 378 g/mol. The zero-order chi connectivity index (χ0) is 19.7. The van der Waals surface area contributed by atoms with Gasteiger partial charge in [0.15, 0.2) is 5.16 Å². The number of rotatable bonds is 5. The molecule has 1 aliphatic carbocycles. The summed E-state index contributed by atoms with van der Waals surface area (Å²) in [7, 11) is 0. The Hall–Kier alpha value is -1.34. The number of hydrogen-bond acceptors (Lipinski definition) is 5. The number of nitrogens with one attached hydrogen (secondary N) is 1. The van der Waals surface area contributed by atoms with E-state index in [4.69, 9.17) is 4.98 Å². The van der Waals surface area contributed by atoms with Gasteiger partial charge in [-0.1, -0.05) is 31.5 Å². The van der Waals surface area contributed by atoms with E-state index in [0.29, 0.717) is 17.6 Å². The first-order valence-electron chi connectivity index (χ1n) is 9.81. The minimum atomic E-state index is -0.288. The Bertz CT molecular complexity index is 903. The van der Waals surface area contributed by atoms with Gasteiger partial charge in [0, 0.05) is 17.5 Å². The van der Waals surface area contributed by atoms with E-state index in [-0.39, 0.29) is 22.8 Å². The second-order valence-corrected chi connectivity index (χ2v) is 10.1. The number of carbonyl (C=O) groups is 1. The van der Waals surface area contributed by atoms with Gasteiger partial charge in [-0.3, -0.25) is 14.2 Å². The fraction of sp³-hybridized carbons (Fsp3) is 0.650. The van der Waals surface area contributed by atoms with Crippen molar-refractivity contribution < 1.29 is 4.79 Å². The van der Waals surface area contributed by atoms with Gasteiger partial charge < -0.3 is 5.32 Å². The van der Waals surface area contributed by atoms with E-state index in [9.17, 15) is 9.59 Å². The van der Waals surface area contributed by atoms with Crippen LogP contribution in [0.3, 0.4) is 0 Å². The Kier molecular flexibility index (Phi) is 6.31. The Morgan fingerprint density at radius 2 is 2.07 bits per heavy atom. The van der Waals surface area contributed by atoms with E-state index in [0.717, 1.165) is 27.1 Å². The van der Waals surface area contributed by atoms with E-state index in [1.165, 1.54) is 31.0 Å². The highest BCUT2D eigenvalue weighted by atomic mass is 32.2. The number of carbonyl (C=O) groups excluding carboxylic acids is 1. The van der Waals surface area contributed by atoms with Crippen LogP contribution < -0.4 is 10.9 Å². The summed E-state index contributed by atoms with van der Waals surface area (Å²) in [6, 6.07) is 0.265. The number of aryl methyl sites for hydroxylation is 2. The number of aromatic nitrogens is 2. The van der Waals surface area contributed by atoms with Gasteiger partial charge in [-0.25, -0.2) is 4.98 Å². The lowest BCUT2D eigenvalue weighted by Gasteiger charge is -2.30. The van der Waals surface area contributed by atoms with Crippen molar-refractivity contribution in [1.82, 2.24) is 14.9 Å². The molecule has 148 valence electrons. The Morgan fingerprint density at radius 1 is 1.37 bits per heavy atom. The highest BCUT2D eigenvalue weighted by Crippen LogP contribution is 2.30. The summed E-state index contributed by atoms with van der Waals surface area (Å²) in [5.41, 5.74) is 1.02. The van der Waals surface area contributed by atoms with Gasteiger partial charge in [0.25, 0.3) is 5.56 Å². The molecule has 7 heteroatoms. The lowest BCUT2D eigenvalue weighted by Crippen LogP contribution is -2.44. The maximum Gasteiger partial charge on any atom is 0.263 e. The van der Waals surface area contributed by atoms with Gasteiger partial charge >= 0.3 is 0 Å². The van der Waals surface area contributed by atoms with E-state index < -0.39 is 0 Å². The van der Waals surface area contributed by atoms with Crippen molar-refractivity contribution in [1.29, 1.82) is 0 Å². The highest BCUT2D eigenvalue weighted by Gasteiger charge is 2.26.